The van der Waals surface area contributed by atoms with Gasteiger partial charge in [-0.05, 0) is 31.0 Å². The Morgan fingerprint density at radius 1 is 1.33 bits per heavy atom. The van der Waals surface area contributed by atoms with E-state index in [1.54, 1.807) is 19.1 Å². The SMILES string of the molecule is CC[C@@H](NC[C@@H](C)O)c1ccc(F)cc1. The number of benzene rings is 1. The van der Waals surface area contributed by atoms with Crippen LogP contribution in [0.3, 0.4) is 0 Å². The summed E-state index contributed by atoms with van der Waals surface area (Å²) < 4.78 is 12.7. The van der Waals surface area contributed by atoms with Crippen molar-refractivity contribution in [2.45, 2.75) is 32.4 Å². The van der Waals surface area contributed by atoms with E-state index >= 15 is 0 Å². The molecule has 1 aromatic carbocycles. The van der Waals surface area contributed by atoms with E-state index in [0.29, 0.717) is 6.54 Å². The van der Waals surface area contributed by atoms with E-state index in [0.717, 1.165) is 12.0 Å². The van der Waals surface area contributed by atoms with E-state index in [2.05, 4.69) is 12.2 Å². The van der Waals surface area contributed by atoms with E-state index in [4.69, 9.17) is 5.11 Å². The lowest BCUT2D eigenvalue weighted by atomic mass is 10.0. The van der Waals surface area contributed by atoms with Crippen LogP contribution in [0.4, 0.5) is 4.39 Å². The maximum atomic E-state index is 12.7. The normalized spacial score (nSPS) is 14.9. The van der Waals surface area contributed by atoms with Gasteiger partial charge in [0.2, 0.25) is 0 Å². The Bertz CT molecular complexity index is 284. The molecule has 0 heterocycles. The van der Waals surface area contributed by atoms with Gasteiger partial charge < -0.3 is 10.4 Å². The molecule has 2 nitrogen and oxygen atoms in total. The van der Waals surface area contributed by atoms with Gasteiger partial charge in [-0.3, -0.25) is 0 Å². The summed E-state index contributed by atoms with van der Waals surface area (Å²) in [4.78, 5) is 0. The maximum absolute atomic E-state index is 12.7. The molecule has 0 amide bonds. The molecular formula is C12H18FNO. The molecule has 15 heavy (non-hydrogen) atoms. The lowest BCUT2D eigenvalue weighted by molar-refractivity contribution is 0.185. The Kier molecular flexibility index (Phi) is 4.72. The summed E-state index contributed by atoms with van der Waals surface area (Å²) in [6, 6.07) is 6.65. The van der Waals surface area contributed by atoms with Crippen LogP contribution < -0.4 is 5.32 Å². The van der Waals surface area contributed by atoms with Crippen molar-refractivity contribution in [3.05, 3.63) is 35.6 Å². The fourth-order valence-corrected chi connectivity index (χ4v) is 1.51. The number of hydrogen-bond acceptors (Lipinski definition) is 2. The van der Waals surface area contributed by atoms with Gasteiger partial charge in [0.25, 0.3) is 0 Å². The lowest BCUT2D eigenvalue weighted by Gasteiger charge is -2.18. The van der Waals surface area contributed by atoms with E-state index in [1.807, 2.05) is 0 Å². The minimum Gasteiger partial charge on any atom is -0.392 e. The highest BCUT2D eigenvalue weighted by molar-refractivity contribution is 5.19. The van der Waals surface area contributed by atoms with Gasteiger partial charge in [0, 0.05) is 12.6 Å². The van der Waals surface area contributed by atoms with Crippen LogP contribution in [0.15, 0.2) is 24.3 Å². The lowest BCUT2D eigenvalue weighted by Crippen LogP contribution is -2.28. The number of aliphatic hydroxyl groups is 1. The quantitative estimate of drug-likeness (QED) is 0.783. The molecule has 2 N–H and O–H groups in total. The van der Waals surface area contributed by atoms with Gasteiger partial charge in [-0.25, -0.2) is 4.39 Å². The van der Waals surface area contributed by atoms with Crippen LogP contribution in [0, 0.1) is 5.82 Å². The van der Waals surface area contributed by atoms with Crippen LogP contribution in [0.2, 0.25) is 0 Å². The van der Waals surface area contributed by atoms with Crippen LogP contribution in [0.25, 0.3) is 0 Å². The highest BCUT2D eigenvalue weighted by Gasteiger charge is 2.09. The molecule has 0 unspecified atom stereocenters. The molecule has 1 aromatic rings. The van der Waals surface area contributed by atoms with Crippen molar-refractivity contribution in [3.8, 4) is 0 Å². The first kappa shape index (κ1) is 12.1. The van der Waals surface area contributed by atoms with Gasteiger partial charge in [-0.1, -0.05) is 19.1 Å². The molecule has 0 fully saturated rings. The zero-order valence-corrected chi connectivity index (χ0v) is 9.20. The second kappa shape index (κ2) is 5.83. The summed E-state index contributed by atoms with van der Waals surface area (Å²) in [5, 5.41) is 12.4. The van der Waals surface area contributed by atoms with Crippen molar-refractivity contribution in [2.24, 2.45) is 0 Å². The first-order chi connectivity index (χ1) is 7.13. The molecule has 0 saturated heterocycles. The first-order valence-corrected chi connectivity index (χ1v) is 5.30. The molecule has 0 bridgehead atoms. The van der Waals surface area contributed by atoms with Crippen molar-refractivity contribution < 1.29 is 9.50 Å². The minimum absolute atomic E-state index is 0.181. The molecule has 3 heteroatoms. The highest BCUT2D eigenvalue weighted by atomic mass is 19.1. The standard InChI is InChI=1S/C12H18FNO/c1-3-12(14-8-9(2)15)10-4-6-11(13)7-5-10/h4-7,9,12,14-15H,3,8H2,1-2H3/t9-,12-/m1/s1. The topological polar surface area (TPSA) is 32.3 Å². The van der Waals surface area contributed by atoms with Crippen molar-refractivity contribution in [2.75, 3.05) is 6.54 Å². The van der Waals surface area contributed by atoms with Gasteiger partial charge in [0.05, 0.1) is 6.10 Å². The summed E-state index contributed by atoms with van der Waals surface area (Å²) >= 11 is 0. The number of nitrogens with one attached hydrogen (secondary N) is 1. The van der Waals surface area contributed by atoms with Crippen LogP contribution >= 0.6 is 0 Å². The molecule has 0 aliphatic heterocycles. The fourth-order valence-electron chi connectivity index (χ4n) is 1.51. The monoisotopic (exact) mass is 211 g/mol. The molecule has 0 radical (unpaired) electrons. The van der Waals surface area contributed by atoms with E-state index in [9.17, 15) is 4.39 Å². The smallest absolute Gasteiger partial charge is 0.123 e. The summed E-state index contributed by atoms with van der Waals surface area (Å²) in [5.41, 5.74) is 1.06. The van der Waals surface area contributed by atoms with Crippen molar-refractivity contribution in [1.29, 1.82) is 0 Å². The summed E-state index contributed by atoms with van der Waals surface area (Å²) in [7, 11) is 0. The predicted molar refractivity (Wildman–Crippen MR) is 59.1 cm³/mol. The van der Waals surface area contributed by atoms with Crippen LogP contribution in [-0.4, -0.2) is 17.8 Å². The molecule has 0 spiro atoms. The maximum Gasteiger partial charge on any atom is 0.123 e. The Balaban J connectivity index is 2.61. The molecule has 2 atom stereocenters. The summed E-state index contributed by atoms with van der Waals surface area (Å²) in [6.45, 7) is 4.35. The van der Waals surface area contributed by atoms with Gasteiger partial charge in [0.1, 0.15) is 5.82 Å². The molecule has 0 aliphatic rings. The first-order valence-electron chi connectivity index (χ1n) is 5.30. The minimum atomic E-state index is -0.362. The van der Waals surface area contributed by atoms with E-state index < -0.39 is 0 Å². The van der Waals surface area contributed by atoms with Crippen molar-refractivity contribution in [3.63, 3.8) is 0 Å². The van der Waals surface area contributed by atoms with E-state index in [-0.39, 0.29) is 18.0 Å². The largest absolute Gasteiger partial charge is 0.392 e. The van der Waals surface area contributed by atoms with Crippen LogP contribution in [-0.2, 0) is 0 Å². The molecule has 84 valence electrons. The number of hydrogen-bond donors (Lipinski definition) is 2. The molecule has 1 rings (SSSR count). The van der Waals surface area contributed by atoms with Gasteiger partial charge in [0.15, 0.2) is 0 Å². The average molecular weight is 211 g/mol. The predicted octanol–water partition coefficient (Wildman–Crippen LogP) is 2.25. The Morgan fingerprint density at radius 3 is 2.40 bits per heavy atom. The number of aliphatic hydroxyl groups excluding tert-OH is 1. The Morgan fingerprint density at radius 2 is 1.93 bits per heavy atom. The molecule has 0 aromatic heterocycles. The Hall–Kier alpha value is -0.930. The second-order valence-corrected chi connectivity index (χ2v) is 3.77. The number of rotatable bonds is 5. The molecule has 0 saturated carbocycles. The molecular weight excluding hydrogens is 193 g/mol. The molecule has 0 aliphatic carbocycles. The average Bonchev–Trinajstić information content (AvgIpc) is 2.21. The zero-order valence-electron chi connectivity index (χ0n) is 9.20. The third-order valence-electron chi connectivity index (χ3n) is 2.34. The van der Waals surface area contributed by atoms with Crippen molar-refractivity contribution >= 4 is 0 Å². The highest BCUT2D eigenvalue weighted by Crippen LogP contribution is 2.16. The van der Waals surface area contributed by atoms with Crippen LogP contribution in [0.1, 0.15) is 31.9 Å². The second-order valence-electron chi connectivity index (χ2n) is 3.77. The summed E-state index contributed by atoms with van der Waals surface area (Å²) in [6.07, 6.45) is 0.553. The third kappa shape index (κ3) is 3.98. The summed E-state index contributed by atoms with van der Waals surface area (Å²) in [5.74, 6) is -0.218. The van der Waals surface area contributed by atoms with Crippen molar-refractivity contribution in [1.82, 2.24) is 5.32 Å². The van der Waals surface area contributed by atoms with Gasteiger partial charge in [-0.2, -0.15) is 0 Å². The van der Waals surface area contributed by atoms with Crippen LogP contribution in [0.5, 0.6) is 0 Å². The fraction of sp³-hybridized carbons (Fsp3) is 0.500. The number of halogens is 1. The Labute approximate surface area is 90.1 Å². The third-order valence-corrected chi connectivity index (χ3v) is 2.34. The van der Waals surface area contributed by atoms with E-state index in [1.165, 1.54) is 12.1 Å². The van der Waals surface area contributed by atoms with Gasteiger partial charge in [-0.15, -0.1) is 0 Å². The van der Waals surface area contributed by atoms with Gasteiger partial charge >= 0.3 is 0 Å². The zero-order chi connectivity index (χ0) is 11.3.